The first-order valence-corrected chi connectivity index (χ1v) is 6.62. The maximum Gasteiger partial charge on any atom is 0.417 e. The second kappa shape index (κ2) is 8.16. The Morgan fingerprint density at radius 1 is 1.09 bits per heavy atom. The van der Waals surface area contributed by atoms with E-state index in [-0.39, 0.29) is 6.54 Å². The van der Waals surface area contributed by atoms with Crippen molar-refractivity contribution in [2.24, 2.45) is 0 Å². The topological polar surface area (TPSA) is 84.5 Å². The Morgan fingerprint density at radius 3 is 2.35 bits per heavy atom. The zero-order chi connectivity index (χ0) is 17.5. The molecule has 2 amide bonds. The number of halogens is 3. The number of hydrogen-bond donors (Lipinski definition) is 2. The minimum Gasteiger partial charge on any atom is -0.452 e. The van der Waals surface area contributed by atoms with Gasteiger partial charge < -0.3 is 15.4 Å². The highest BCUT2D eigenvalue weighted by molar-refractivity contribution is 5.93. The van der Waals surface area contributed by atoms with Gasteiger partial charge in [0.2, 0.25) is 5.91 Å². The molecule has 23 heavy (non-hydrogen) atoms. The highest BCUT2D eigenvalue weighted by Gasteiger charge is 2.35. The van der Waals surface area contributed by atoms with Crippen molar-refractivity contribution in [2.45, 2.75) is 13.1 Å². The van der Waals surface area contributed by atoms with Gasteiger partial charge in [-0.1, -0.05) is 12.1 Å². The van der Waals surface area contributed by atoms with E-state index >= 15 is 0 Å². The van der Waals surface area contributed by atoms with Crippen LogP contribution in [0.5, 0.6) is 0 Å². The van der Waals surface area contributed by atoms with Gasteiger partial charge in [0, 0.05) is 6.54 Å². The number of hydrogen-bond acceptors (Lipinski definition) is 4. The van der Waals surface area contributed by atoms with Crippen molar-refractivity contribution in [3.05, 3.63) is 35.4 Å². The lowest BCUT2D eigenvalue weighted by Crippen LogP contribution is -2.38. The molecule has 0 radical (unpaired) electrons. The highest BCUT2D eigenvalue weighted by Crippen LogP contribution is 2.32. The van der Waals surface area contributed by atoms with Gasteiger partial charge in [-0.2, -0.15) is 13.2 Å². The van der Waals surface area contributed by atoms with Crippen molar-refractivity contribution in [3.8, 4) is 0 Å². The number of carbonyl (C=O) groups excluding carboxylic acids is 3. The summed E-state index contributed by atoms with van der Waals surface area (Å²) in [5.74, 6) is -2.50. The van der Waals surface area contributed by atoms with Crippen LogP contribution in [0.2, 0.25) is 0 Å². The number of benzene rings is 1. The van der Waals surface area contributed by atoms with Crippen LogP contribution in [0.25, 0.3) is 0 Å². The van der Waals surface area contributed by atoms with Gasteiger partial charge in [-0.15, -0.1) is 0 Å². The molecule has 1 aromatic carbocycles. The van der Waals surface area contributed by atoms with Crippen molar-refractivity contribution in [2.75, 3.05) is 19.7 Å². The lowest BCUT2D eigenvalue weighted by molar-refractivity contribution is -0.138. The molecule has 0 aliphatic carbocycles. The smallest absolute Gasteiger partial charge is 0.417 e. The fourth-order valence-corrected chi connectivity index (χ4v) is 1.61. The lowest BCUT2D eigenvalue weighted by Gasteiger charge is -2.12. The van der Waals surface area contributed by atoms with Gasteiger partial charge in [0.15, 0.2) is 6.61 Å². The molecule has 0 fully saturated rings. The Hall–Kier alpha value is -2.58. The van der Waals surface area contributed by atoms with Gasteiger partial charge in [0.05, 0.1) is 17.7 Å². The van der Waals surface area contributed by atoms with E-state index in [2.05, 4.69) is 15.4 Å². The highest BCUT2D eigenvalue weighted by atomic mass is 19.4. The zero-order valence-corrected chi connectivity index (χ0v) is 12.2. The maximum atomic E-state index is 12.8. The monoisotopic (exact) mass is 332 g/mol. The molecule has 0 atom stereocenters. The van der Waals surface area contributed by atoms with Crippen LogP contribution in [0.15, 0.2) is 24.3 Å². The van der Waals surface area contributed by atoms with Gasteiger partial charge in [-0.25, -0.2) is 4.79 Å². The molecular weight excluding hydrogens is 317 g/mol. The average molecular weight is 332 g/mol. The molecule has 0 aromatic heterocycles. The number of esters is 1. The van der Waals surface area contributed by atoms with Crippen molar-refractivity contribution < 1.29 is 32.3 Å². The summed E-state index contributed by atoms with van der Waals surface area (Å²) in [5.41, 5.74) is -1.83. The van der Waals surface area contributed by atoms with Crippen LogP contribution < -0.4 is 10.6 Å². The summed E-state index contributed by atoms with van der Waals surface area (Å²) in [4.78, 5) is 34.2. The number of ether oxygens (including phenoxy) is 1. The molecule has 0 saturated heterocycles. The molecule has 0 aliphatic rings. The number of likely N-dealkylation sites (N-methyl/N-ethyl adjacent to an activating group) is 1. The molecule has 0 spiro atoms. The average Bonchev–Trinajstić information content (AvgIpc) is 2.50. The van der Waals surface area contributed by atoms with Gasteiger partial charge in [-0.05, 0) is 19.1 Å². The molecule has 9 heteroatoms. The number of nitrogens with one attached hydrogen (secondary N) is 2. The Bertz CT molecular complexity index is 588. The Labute approximate surface area is 130 Å². The fraction of sp³-hybridized carbons (Fsp3) is 0.357. The SMILES string of the molecule is CCNC(=O)CNC(=O)COC(=O)c1ccccc1C(F)(F)F. The van der Waals surface area contributed by atoms with E-state index in [4.69, 9.17) is 0 Å². The molecule has 0 bridgehead atoms. The quantitative estimate of drug-likeness (QED) is 0.765. The van der Waals surface area contributed by atoms with E-state index in [0.29, 0.717) is 6.54 Å². The largest absolute Gasteiger partial charge is 0.452 e. The van der Waals surface area contributed by atoms with E-state index in [9.17, 15) is 27.6 Å². The van der Waals surface area contributed by atoms with Crippen LogP contribution in [0.3, 0.4) is 0 Å². The minimum absolute atomic E-state index is 0.316. The number of amides is 2. The van der Waals surface area contributed by atoms with Crippen LogP contribution >= 0.6 is 0 Å². The van der Waals surface area contributed by atoms with Crippen molar-refractivity contribution in [3.63, 3.8) is 0 Å². The Balaban J connectivity index is 2.58. The second-order valence-electron chi connectivity index (χ2n) is 4.35. The first-order chi connectivity index (χ1) is 10.8. The molecule has 126 valence electrons. The van der Waals surface area contributed by atoms with Crippen molar-refractivity contribution in [1.29, 1.82) is 0 Å². The second-order valence-corrected chi connectivity index (χ2v) is 4.35. The van der Waals surface area contributed by atoms with Gasteiger partial charge >= 0.3 is 12.1 Å². The number of rotatable bonds is 6. The van der Waals surface area contributed by atoms with E-state index < -0.39 is 41.7 Å². The first kappa shape index (κ1) is 18.5. The molecule has 1 aromatic rings. The Kier molecular flexibility index (Phi) is 6.55. The predicted octanol–water partition coefficient (Wildman–Crippen LogP) is 1.11. The fourth-order valence-electron chi connectivity index (χ4n) is 1.61. The number of carbonyl (C=O) groups is 3. The summed E-state index contributed by atoms with van der Waals surface area (Å²) >= 11 is 0. The van der Waals surface area contributed by atoms with Crippen LogP contribution in [0.1, 0.15) is 22.8 Å². The van der Waals surface area contributed by atoms with Crippen molar-refractivity contribution >= 4 is 17.8 Å². The minimum atomic E-state index is -4.71. The molecular formula is C14H15F3N2O4. The summed E-state index contributed by atoms with van der Waals surface area (Å²) in [6.45, 7) is 0.977. The lowest BCUT2D eigenvalue weighted by atomic mass is 10.1. The summed E-state index contributed by atoms with van der Waals surface area (Å²) in [5, 5.41) is 4.60. The standard InChI is InChI=1S/C14H15F3N2O4/c1-2-18-11(20)7-19-12(21)8-23-13(22)9-5-3-4-6-10(9)14(15,16)17/h3-6H,2,7-8H2,1H3,(H,18,20)(H,19,21). The van der Waals surface area contributed by atoms with Crippen LogP contribution in [0.4, 0.5) is 13.2 Å². The molecule has 0 heterocycles. The van der Waals surface area contributed by atoms with Gasteiger partial charge in [0.25, 0.3) is 5.91 Å². The molecule has 6 nitrogen and oxygen atoms in total. The summed E-state index contributed by atoms with van der Waals surface area (Å²) < 4.78 is 42.8. The van der Waals surface area contributed by atoms with Gasteiger partial charge in [-0.3, -0.25) is 9.59 Å². The molecule has 1 rings (SSSR count). The van der Waals surface area contributed by atoms with Crippen LogP contribution in [-0.4, -0.2) is 37.5 Å². The molecule has 0 unspecified atom stereocenters. The van der Waals surface area contributed by atoms with Crippen molar-refractivity contribution in [1.82, 2.24) is 10.6 Å². The van der Waals surface area contributed by atoms with E-state index in [1.807, 2.05) is 0 Å². The third-order valence-electron chi connectivity index (χ3n) is 2.61. The third-order valence-corrected chi connectivity index (χ3v) is 2.61. The zero-order valence-electron chi connectivity index (χ0n) is 12.2. The molecule has 2 N–H and O–H groups in total. The summed E-state index contributed by atoms with van der Waals surface area (Å²) in [6.07, 6.45) is -4.71. The summed E-state index contributed by atoms with van der Waals surface area (Å²) in [7, 11) is 0. The molecule has 0 saturated carbocycles. The third kappa shape index (κ3) is 5.97. The van der Waals surface area contributed by atoms with E-state index in [0.717, 1.165) is 18.2 Å². The molecule has 0 aliphatic heterocycles. The van der Waals surface area contributed by atoms with Crippen LogP contribution in [0, 0.1) is 0 Å². The van der Waals surface area contributed by atoms with E-state index in [1.54, 1.807) is 6.92 Å². The van der Waals surface area contributed by atoms with Crippen LogP contribution in [-0.2, 0) is 20.5 Å². The summed E-state index contributed by atoms with van der Waals surface area (Å²) in [6, 6.07) is 4.09. The predicted molar refractivity (Wildman–Crippen MR) is 73.4 cm³/mol. The first-order valence-electron chi connectivity index (χ1n) is 6.62. The maximum absolute atomic E-state index is 12.8. The van der Waals surface area contributed by atoms with Gasteiger partial charge in [0.1, 0.15) is 0 Å². The number of alkyl halides is 3. The normalized spacial score (nSPS) is 10.8. The Morgan fingerprint density at radius 2 is 1.74 bits per heavy atom. The van der Waals surface area contributed by atoms with E-state index in [1.165, 1.54) is 6.07 Å².